The summed E-state index contributed by atoms with van der Waals surface area (Å²) in [4.78, 5) is 0. The highest BCUT2D eigenvalue weighted by molar-refractivity contribution is 5.10. The van der Waals surface area contributed by atoms with Crippen LogP contribution in [0, 0.1) is 12.8 Å². The van der Waals surface area contributed by atoms with Crippen LogP contribution >= 0.6 is 0 Å². The molecular weight excluding hydrogens is 250 g/mol. The number of methoxy groups -OCH3 is 1. The van der Waals surface area contributed by atoms with E-state index in [-0.39, 0.29) is 0 Å². The van der Waals surface area contributed by atoms with Gasteiger partial charge in [0.25, 0.3) is 0 Å². The smallest absolute Gasteiger partial charge is 0.0596 e. The monoisotopic (exact) mass is 281 g/mol. The van der Waals surface area contributed by atoms with Crippen molar-refractivity contribution in [3.8, 4) is 0 Å². The normalized spacial score (nSPS) is 14.4. The Morgan fingerprint density at radius 2 is 2.15 bits per heavy atom. The van der Waals surface area contributed by atoms with E-state index >= 15 is 0 Å². The molecule has 0 saturated heterocycles. The summed E-state index contributed by atoms with van der Waals surface area (Å²) in [7, 11) is 1.78. The number of hydrogen-bond acceptors (Lipinski definition) is 3. The fourth-order valence-electron chi connectivity index (χ4n) is 2.72. The minimum Gasteiger partial charge on any atom is -0.384 e. The van der Waals surface area contributed by atoms with Gasteiger partial charge in [-0.1, -0.05) is 13.8 Å². The molecule has 0 bridgehead atoms. The van der Waals surface area contributed by atoms with Crippen LogP contribution in [-0.4, -0.2) is 36.1 Å². The third kappa shape index (κ3) is 5.63. The van der Waals surface area contributed by atoms with Crippen LogP contribution in [-0.2, 0) is 17.7 Å². The van der Waals surface area contributed by atoms with E-state index in [0.29, 0.717) is 12.0 Å². The zero-order chi connectivity index (χ0) is 15.0. The lowest BCUT2D eigenvalue weighted by molar-refractivity contribution is 0.149. The lowest BCUT2D eigenvalue weighted by Crippen LogP contribution is -2.34. The summed E-state index contributed by atoms with van der Waals surface area (Å²) < 4.78 is 7.38. The molecule has 0 spiro atoms. The van der Waals surface area contributed by atoms with Crippen molar-refractivity contribution < 1.29 is 4.74 Å². The van der Waals surface area contributed by atoms with Crippen molar-refractivity contribution in [2.24, 2.45) is 5.92 Å². The summed E-state index contributed by atoms with van der Waals surface area (Å²) >= 11 is 0. The van der Waals surface area contributed by atoms with Gasteiger partial charge in [0, 0.05) is 38.4 Å². The van der Waals surface area contributed by atoms with Gasteiger partial charge in [0.05, 0.1) is 5.69 Å². The standard InChI is InChI=1S/C16H31N3O/c1-6-8-17-15(9-13(3)12-20-5)11-16-10-14(4)18-19(16)7-2/h10,13,15,17H,6-9,11-12H2,1-5H3. The van der Waals surface area contributed by atoms with Gasteiger partial charge in [-0.3, -0.25) is 4.68 Å². The maximum Gasteiger partial charge on any atom is 0.0596 e. The number of rotatable bonds is 10. The molecule has 0 aliphatic carbocycles. The molecule has 4 nitrogen and oxygen atoms in total. The Bertz CT molecular complexity index is 376. The number of nitrogens with zero attached hydrogens (tertiary/aromatic N) is 2. The average molecular weight is 281 g/mol. The molecule has 1 heterocycles. The molecule has 0 aromatic carbocycles. The SMILES string of the molecule is CCCNC(Cc1cc(C)nn1CC)CC(C)COC. The summed E-state index contributed by atoms with van der Waals surface area (Å²) in [5.41, 5.74) is 2.45. The zero-order valence-electron chi connectivity index (χ0n) is 13.8. The summed E-state index contributed by atoms with van der Waals surface area (Å²) in [6, 6.07) is 2.71. The predicted molar refractivity (Wildman–Crippen MR) is 84.1 cm³/mol. The summed E-state index contributed by atoms with van der Waals surface area (Å²) in [5, 5.41) is 8.21. The van der Waals surface area contributed by atoms with Crippen molar-refractivity contribution in [3.63, 3.8) is 0 Å². The Labute approximate surface area is 123 Å². The van der Waals surface area contributed by atoms with E-state index in [9.17, 15) is 0 Å². The summed E-state index contributed by atoms with van der Waals surface area (Å²) in [6.07, 6.45) is 3.35. The molecule has 0 fully saturated rings. The number of aryl methyl sites for hydroxylation is 2. The van der Waals surface area contributed by atoms with E-state index in [2.05, 4.69) is 48.9 Å². The highest BCUT2D eigenvalue weighted by Crippen LogP contribution is 2.13. The lowest BCUT2D eigenvalue weighted by atomic mass is 9.98. The van der Waals surface area contributed by atoms with E-state index in [1.807, 2.05) is 0 Å². The van der Waals surface area contributed by atoms with Gasteiger partial charge in [-0.25, -0.2) is 0 Å². The summed E-state index contributed by atoms with van der Waals surface area (Å²) in [6.45, 7) is 11.5. The lowest BCUT2D eigenvalue weighted by Gasteiger charge is -2.22. The fourth-order valence-corrected chi connectivity index (χ4v) is 2.72. The van der Waals surface area contributed by atoms with E-state index in [0.717, 1.165) is 38.2 Å². The molecule has 2 unspecified atom stereocenters. The first kappa shape index (κ1) is 17.2. The van der Waals surface area contributed by atoms with Crippen LogP contribution in [0.25, 0.3) is 0 Å². The first-order valence-electron chi connectivity index (χ1n) is 7.86. The van der Waals surface area contributed by atoms with Crippen molar-refractivity contribution in [2.75, 3.05) is 20.3 Å². The third-order valence-corrected chi connectivity index (χ3v) is 3.56. The molecule has 0 radical (unpaired) electrons. The van der Waals surface area contributed by atoms with E-state index in [1.165, 1.54) is 12.1 Å². The molecule has 0 amide bonds. The topological polar surface area (TPSA) is 39.1 Å². The largest absolute Gasteiger partial charge is 0.384 e. The Hall–Kier alpha value is -0.870. The molecule has 1 N–H and O–H groups in total. The number of nitrogens with one attached hydrogen (secondary N) is 1. The Morgan fingerprint density at radius 3 is 2.75 bits per heavy atom. The molecule has 1 rings (SSSR count). The molecule has 116 valence electrons. The minimum absolute atomic E-state index is 0.501. The first-order chi connectivity index (χ1) is 9.60. The molecule has 4 heteroatoms. The number of ether oxygens (including phenoxy) is 1. The van der Waals surface area contributed by atoms with Gasteiger partial charge in [0.15, 0.2) is 0 Å². The van der Waals surface area contributed by atoms with Gasteiger partial charge < -0.3 is 10.1 Å². The van der Waals surface area contributed by atoms with E-state index in [4.69, 9.17) is 4.74 Å². The molecule has 2 atom stereocenters. The molecule has 0 aliphatic heterocycles. The first-order valence-corrected chi connectivity index (χ1v) is 7.86. The number of hydrogen-bond donors (Lipinski definition) is 1. The third-order valence-electron chi connectivity index (χ3n) is 3.56. The van der Waals surface area contributed by atoms with Gasteiger partial charge in [0.2, 0.25) is 0 Å². The van der Waals surface area contributed by atoms with Crippen LogP contribution in [0.1, 0.15) is 45.0 Å². The van der Waals surface area contributed by atoms with Crippen LogP contribution in [0.5, 0.6) is 0 Å². The molecule has 20 heavy (non-hydrogen) atoms. The molecule has 1 aromatic heterocycles. The van der Waals surface area contributed by atoms with E-state index in [1.54, 1.807) is 7.11 Å². The van der Waals surface area contributed by atoms with Crippen LogP contribution in [0.4, 0.5) is 0 Å². The highest BCUT2D eigenvalue weighted by atomic mass is 16.5. The fraction of sp³-hybridized carbons (Fsp3) is 0.812. The van der Waals surface area contributed by atoms with Gasteiger partial charge in [0.1, 0.15) is 0 Å². The van der Waals surface area contributed by atoms with Crippen LogP contribution in [0.15, 0.2) is 6.07 Å². The van der Waals surface area contributed by atoms with Crippen LogP contribution in [0.2, 0.25) is 0 Å². The van der Waals surface area contributed by atoms with Crippen molar-refractivity contribution in [1.29, 1.82) is 0 Å². The summed E-state index contributed by atoms with van der Waals surface area (Å²) in [5.74, 6) is 0.577. The minimum atomic E-state index is 0.501. The van der Waals surface area contributed by atoms with E-state index < -0.39 is 0 Å². The Balaban J connectivity index is 2.67. The van der Waals surface area contributed by atoms with Crippen LogP contribution < -0.4 is 5.32 Å². The molecule has 1 aromatic rings. The second-order valence-electron chi connectivity index (χ2n) is 5.74. The molecule has 0 aliphatic rings. The van der Waals surface area contributed by atoms with Gasteiger partial charge in [-0.15, -0.1) is 0 Å². The Morgan fingerprint density at radius 1 is 1.40 bits per heavy atom. The Kier molecular flexibility index (Phi) is 7.85. The van der Waals surface area contributed by atoms with Crippen molar-refractivity contribution in [3.05, 3.63) is 17.5 Å². The molecular formula is C16H31N3O. The van der Waals surface area contributed by atoms with Crippen LogP contribution in [0.3, 0.4) is 0 Å². The predicted octanol–water partition coefficient (Wildman–Crippen LogP) is 2.79. The zero-order valence-corrected chi connectivity index (χ0v) is 13.8. The van der Waals surface area contributed by atoms with Gasteiger partial charge >= 0.3 is 0 Å². The van der Waals surface area contributed by atoms with Crippen molar-refractivity contribution in [2.45, 2.75) is 59.5 Å². The maximum atomic E-state index is 5.26. The highest BCUT2D eigenvalue weighted by Gasteiger charge is 2.16. The molecule has 0 saturated carbocycles. The van der Waals surface area contributed by atoms with Crippen molar-refractivity contribution >= 4 is 0 Å². The average Bonchev–Trinajstić information content (AvgIpc) is 2.76. The number of aromatic nitrogens is 2. The van der Waals surface area contributed by atoms with Gasteiger partial charge in [-0.05, 0) is 45.2 Å². The second kappa shape index (κ2) is 9.14. The second-order valence-corrected chi connectivity index (χ2v) is 5.74. The maximum absolute atomic E-state index is 5.26. The van der Waals surface area contributed by atoms with Gasteiger partial charge in [-0.2, -0.15) is 5.10 Å². The van der Waals surface area contributed by atoms with Crippen molar-refractivity contribution in [1.82, 2.24) is 15.1 Å². The quantitative estimate of drug-likeness (QED) is 0.717.